The second kappa shape index (κ2) is 15.7. The van der Waals surface area contributed by atoms with Crippen LogP contribution in [0.2, 0.25) is 10.0 Å². The van der Waals surface area contributed by atoms with Gasteiger partial charge in [0, 0.05) is 33.6 Å². The van der Waals surface area contributed by atoms with E-state index < -0.39 is 28.5 Å². The fourth-order valence-electron chi connectivity index (χ4n) is 4.17. The Kier molecular flexibility index (Phi) is 12.6. The van der Waals surface area contributed by atoms with Crippen LogP contribution in [0.5, 0.6) is 5.75 Å². The van der Waals surface area contributed by atoms with Crippen LogP contribution in [0.3, 0.4) is 0 Å². The van der Waals surface area contributed by atoms with Crippen molar-refractivity contribution in [3.8, 4) is 5.75 Å². The first kappa shape index (κ1) is 34.6. The SMILES string of the molecule is CCOc1ccc(N(CC(=O)N(Cc2c(Cl)cccc2Cl)C(C)C(=O)NCC(C)C)S(=O)(=O)c2ccc(SC)cc2)cc1. The van der Waals surface area contributed by atoms with Crippen molar-refractivity contribution in [1.82, 2.24) is 10.2 Å². The van der Waals surface area contributed by atoms with Gasteiger partial charge in [-0.15, -0.1) is 11.8 Å². The Bertz CT molecular complexity index is 1480. The summed E-state index contributed by atoms with van der Waals surface area (Å²) in [6.07, 6.45) is 1.90. The van der Waals surface area contributed by atoms with Crippen LogP contribution in [0.15, 0.2) is 76.5 Å². The number of rotatable bonds is 14. The Morgan fingerprint density at radius 3 is 2.09 bits per heavy atom. The van der Waals surface area contributed by atoms with Gasteiger partial charge in [0.15, 0.2) is 0 Å². The van der Waals surface area contributed by atoms with E-state index in [0.29, 0.717) is 34.5 Å². The van der Waals surface area contributed by atoms with E-state index in [4.69, 9.17) is 27.9 Å². The van der Waals surface area contributed by atoms with E-state index in [1.54, 1.807) is 61.5 Å². The van der Waals surface area contributed by atoms with Crippen LogP contribution in [-0.2, 0) is 26.2 Å². The number of thioether (sulfide) groups is 1. The summed E-state index contributed by atoms with van der Waals surface area (Å²) in [6, 6.07) is 16.9. The Labute approximate surface area is 268 Å². The number of amides is 2. The Balaban J connectivity index is 2.06. The molecule has 43 heavy (non-hydrogen) atoms. The zero-order chi connectivity index (χ0) is 31.7. The van der Waals surface area contributed by atoms with Gasteiger partial charge >= 0.3 is 0 Å². The summed E-state index contributed by atoms with van der Waals surface area (Å²) >= 11 is 14.4. The zero-order valence-corrected chi connectivity index (χ0v) is 28.0. The zero-order valence-electron chi connectivity index (χ0n) is 24.8. The lowest BCUT2D eigenvalue weighted by molar-refractivity contribution is -0.139. The maximum atomic E-state index is 14.1. The maximum Gasteiger partial charge on any atom is 0.264 e. The van der Waals surface area contributed by atoms with E-state index in [1.165, 1.54) is 28.8 Å². The first-order valence-corrected chi connectivity index (χ1v) is 17.2. The average molecular weight is 667 g/mol. The number of sulfonamides is 1. The van der Waals surface area contributed by atoms with Crippen LogP contribution < -0.4 is 14.4 Å². The number of nitrogens with one attached hydrogen (secondary N) is 1. The minimum atomic E-state index is -4.21. The number of halogens is 2. The molecule has 3 rings (SSSR count). The largest absolute Gasteiger partial charge is 0.494 e. The topological polar surface area (TPSA) is 96.0 Å². The van der Waals surface area contributed by atoms with Gasteiger partial charge in [-0.05, 0) is 86.7 Å². The molecule has 0 heterocycles. The van der Waals surface area contributed by atoms with E-state index in [2.05, 4.69) is 5.32 Å². The second-order valence-electron chi connectivity index (χ2n) is 10.2. The van der Waals surface area contributed by atoms with Crippen LogP contribution in [0.4, 0.5) is 5.69 Å². The van der Waals surface area contributed by atoms with Gasteiger partial charge in [-0.3, -0.25) is 13.9 Å². The van der Waals surface area contributed by atoms with Gasteiger partial charge < -0.3 is 15.0 Å². The van der Waals surface area contributed by atoms with Gasteiger partial charge in [-0.1, -0.05) is 43.1 Å². The van der Waals surface area contributed by atoms with Gasteiger partial charge in [0.2, 0.25) is 11.8 Å². The third kappa shape index (κ3) is 9.04. The van der Waals surface area contributed by atoms with Crippen molar-refractivity contribution in [3.63, 3.8) is 0 Å². The van der Waals surface area contributed by atoms with Crippen LogP contribution in [0.1, 0.15) is 33.3 Å². The highest BCUT2D eigenvalue weighted by Crippen LogP contribution is 2.30. The van der Waals surface area contributed by atoms with Crippen LogP contribution in [-0.4, -0.2) is 57.1 Å². The molecule has 0 aromatic heterocycles. The third-order valence-corrected chi connectivity index (χ3v) is 9.84. The fourth-order valence-corrected chi connectivity index (χ4v) is 6.51. The van der Waals surface area contributed by atoms with Gasteiger partial charge in [0.1, 0.15) is 18.3 Å². The Morgan fingerprint density at radius 2 is 1.56 bits per heavy atom. The lowest BCUT2D eigenvalue weighted by Gasteiger charge is -2.32. The minimum Gasteiger partial charge on any atom is -0.494 e. The van der Waals surface area contributed by atoms with Crippen molar-refractivity contribution in [3.05, 3.63) is 82.3 Å². The molecule has 0 saturated heterocycles. The van der Waals surface area contributed by atoms with Crippen molar-refractivity contribution in [2.45, 2.75) is 50.1 Å². The molecule has 1 N–H and O–H groups in total. The first-order valence-electron chi connectivity index (χ1n) is 13.8. The third-order valence-electron chi connectivity index (χ3n) is 6.60. The van der Waals surface area contributed by atoms with Gasteiger partial charge in [0.25, 0.3) is 10.0 Å². The summed E-state index contributed by atoms with van der Waals surface area (Å²) in [5.41, 5.74) is 0.712. The molecule has 0 saturated carbocycles. The Hall–Kier alpha value is -2.92. The summed E-state index contributed by atoms with van der Waals surface area (Å²) in [6.45, 7) is 7.53. The normalized spacial score (nSPS) is 12.1. The molecule has 0 radical (unpaired) electrons. The molecule has 0 spiro atoms. The highest BCUT2D eigenvalue weighted by atomic mass is 35.5. The molecule has 8 nitrogen and oxygen atoms in total. The molecule has 3 aromatic rings. The summed E-state index contributed by atoms with van der Waals surface area (Å²) < 4.78 is 34.7. The molecule has 12 heteroatoms. The molecule has 0 bridgehead atoms. The standard InChI is InChI=1S/C31H37Cl2N3O5S2/c1-6-41-24-12-10-23(11-13-24)36(43(39,40)26-16-14-25(42-5)15-17-26)20-30(37)35(22(4)31(38)34-18-21(2)3)19-27-28(32)8-7-9-29(27)33/h7-17,21-22H,6,18-20H2,1-5H3,(H,34,38). The van der Waals surface area contributed by atoms with Crippen LogP contribution >= 0.6 is 35.0 Å². The fraction of sp³-hybridized carbons (Fsp3) is 0.355. The lowest BCUT2D eigenvalue weighted by atomic mass is 10.1. The van der Waals surface area contributed by atoms with Gasteiger partial charge in [-0.2, -0.15) is 0 Å². The number of carbonyl (C=O) groups is 2. The molecule has 0 aliphatic carbocycles. The predicted octanol–water partition coefficient (Wildman–Crippen LogP) is 6.50. The summed E-state index contributed by atoms with van der Waals surface area (Å²) in [5.74, 6) is -0.240. The molecule has 1 unspecified atom stereocenters. The van der Waals surface area contributed by atoms with Crippen molar-refractivity contribution in [1.29, 1.82) is 0 Å². The number of hydrogen-bond donors (Lipinski definition) is 1. The molecule has 2 amide bonds. The van der Waals surface area contributed by atoms with Crippen LogP contribution in [0, 0.1) is 5.92 Å². The molecule has 232 valence electrons. The van der Waals surface area contributed by atoms with Crippen molar-refractivity contribution in [2.75, 3.05) is 30.3 Å². The van der Waals surface area contributed by atoms with E-state index in [-0.39, 0.29) is 29.0 Å². The lowest BCUT2D eigenvalue weighted by Crippen LogP contribution is -2.51. The number of benzene rings is 3. The highest BCUT2D eigenvalue weighted by Gasteiger charge is 2.33. The van der Waals surface area contributed by atoms with Crippen LogP contribution in [0.25, 0.3) is 0 Å². The number of ether oxygens (including phenoxy) is 1. The van der Waals surface area contributed by atoms with Crippen molar-refractivity contribution in [2.24, 2.45) is 5.92 Å². The number of anilines is 1. The van der Waals surface area contributed by atoms with E-state index in [0.717, 1.165) is 9.20 Å². The monoisotopic (exact) mass is 665 g/mol. The summed E-state index contributed by atoms with van der Waals surface area (Å²) in [5, 5.41) is 3.50. The summed E-state index contributed by atoms with van der Waals surface area (Å²) in [4.78, 5) is 29.5. The molecule has 0 aliphatic rings. The quantitative estimate of drug-likeness (QED) is 0.198. The van der Waals surface area contributed by atoms with Crippen molar-refractivity contribution >= 4 is 62.5 Å². The maximum absolute atomic E-state index is 14.1. The highest BCUT2D eigenvalue weighted by molar-refractivity contribution is 7.98. The second-order valence-corrected chi connectivity index (χ2v) is 13.7. The number of nitrogens with zero attached hydrogens (tertiary/aromatic N) is 2. The number of carbonyl (C=O) groups excluding carboxylic acids is 2. The molecule has 1 atom stereocenters. The van der Waals surface area contributed by atoms with Gasteiger partial charge in [-0.25, -0.2) is 8.42 Å². The minimum absolute atomic E-state index is 0.0235. The van der Waals surface area contributed by atoms with E-state index in [9.17, 15) is 18.0 Å². The number of hydrogen-bond acceptors (Lipinski definition) is 6. The summed E-state index contributed by atoms with van der Waals surface area (Å²) in [7, 11) is -4.21. The average Bonchev–Trinajstić information content (AvgIpc) is 2.98. The molecule has 0 aliphatic heterocycles. The smallest absolute Gasteiger partial charge is 0.264 e. The Morgan fingerprint density at radius 1 is 0.953 bits per heavy atom. The predicted molar refractivity (Wildman–Crippen MR) is 175 cm³/mol. The molecule has 3 aromatic carbocycles. The van der Waals surface area contributed by atoms with E-state index in [1.807, 2.05) is 27.0 Å². The molecular weight excluding hydrogens is 629 g/mol. The molecule has 0 fully saturated rings. The van der Waals surface area contributed by atoms with Crippen molar-refractivity contribution < 1.29 is 22.7 Å². The molecular formula is C31H37Cl2N3O5S2. The van der Waals surface area contributed by atoms with Gasteiger partial charge in [0.05, 0.1) is 17.2 Å². The van der Waals surface area contributed by atoms with E-state index >= 15 is 0 Å². The first-order chi connectivity index (χ1) is 20.4.